The largest absolute Gasteiger partial charge is 0.423 e. The molecule has 0 amide bonds. The van der Waals surface area contributed by atoms with Gasteiger partial charge in [0.05, 0.1) is 6.61 Å². The Labute approximate surface area is 160 Å². The Morgan fingerprint density at radius 1 is 1.00 bits per heavy atom. The monoisotopic (exact) mass is 366 g/mol. The zero-order valence-corrected chi connectivity index (χ0v) is 15.9. The maximum absolute atomic E-state index is 11.5. The summed E-state index contributed by atoms with van der Waals surface area (Å²) in [5.41, 5.74) is 4.32. The van der Waals surface area contributed by atoms with E-state index in [4.69, 9.17) is 9.47 Å². The summed E-state index contributed by atoms with van der Waals surface area (Å²) in [6.07, 6.45) is 0.816. The number of hydrogen-bond acceptors (Lipinski definition) is 4. The van der Waals surface area contributed by atoms with Crippen molar-refractivity contribution in [1.29, 1.82) is 0 Å². The van der Waals surface area contributed by atoms with E-state index in [1.165, 1.54) is 5.56 Å². The molecule has 0 aliphatic carbocycles. The summed E-state index contributed by atoms with van der Waals surface area (Å²) in [6.45, 7) is 11.1. The van der Waals surface area contributed by atoms with Crippen molar-refractivity contribution in [1.82, 2.24) is 0 Å². The Bertz CT molecular complexity index is 788. The highest BCUT2D eigenvalue weighted by Gasteiger charge is 2.06. The van der Waals surface area contributed by atoms with Crippen LogP contribution in [0.1, 0.15) is 25.8 Å². The van der Waals surface area contributed by atoms with Crippen LogP contribution >= 0.6 is 0 Å². The average molecular weight is 366 g/mol. The second kappa shape index (κ2) is 9.86. The molecule has 1 unspecified atom stereocenters. The van der Waals surface area contributed by atoms with Crippen molar-refractivity contribution in [3.8, 4) is 16.9 Å². The first-order valence-electron chi connectivity index (χ1n) is 8.89. The van der Waals surface area contributed by atoms with Crippen LogP contribution in [-0.4, -0.2) is 24.0 Å². The molecule has 2 rings (SSSR count). The molecule has 27 heavy (non-hydrogen) atoms. The summed E-state index contributed by atoms with van der Waals surface area (Å²) in [5, 5.41) is 9.53. The molecular formula is C23H26O4. The van der Waals surface area contributed by atoms with E-state index < -0.39 is 12.3 Å². The van der Waals surface area contributed by atoms with Crippen LogP contribution in [0.5, 0.6) is 5.75 Å². The van der Waals surface area contributed by atoms with Gasteiger partial charge in [-0.05, 0) is 61.1 Å². The third kappa shape index (κ3) is 6.51. The number of benzene rings is 2. The van der Waals surface area contributed by atoms with Gasteiger partial charge in [0.25, 0.3) is 0 Å². The van der Waals surface area contributed by atoms with E-state index in [-0.39, 0.29) is 0 Å². The molecule has 0 saturated heterocycles. The molecule has 142 valence electrons. The maximum Gasteiger partial charge on any atom is 0.338 e. The molecule has 2 aromatic rings. The van der Waals surface area contributed by atoms with Crippen LogP contribution < -0.4 is 4.74 Å². The lowest BCUT2D eigenvalue weighted by Crippen LogP contribution is -2.13. The van der Waals surface area contributed by atoms with Crippen molar-refractivity contribution in [2.45, 2.75) is 33.0 Å². The fourth-order valence-corrected chi connectivity index (χ4v) is 2.39. The van der Waals surface area contributed by atoms with Gasteiger partial charge in [0.2, 0.25) is 0 Å². The molecule has 0 radical (unpaired) electrons. The van der Waals surface area contributed by atoms with Crippen LogP contribution in [0.25, 0.3) is 11.1 Å². The van der Waals surface area contributed by atoms with E-state index in [1.807, 2.05) is 12.1 Å². The van der Waals surface area contributed by atoms with Crippen LogP contribution in [-0.2, 0) is 16.0 Å². The summed E-state index contributed by atoms with van der Waals surface area (Å²) >= 11 is 0. The van der Waals surface area contributed by atoms with Gasteiger partial charge >= 0.3 is 5.97 Å². The number of aliphatic hydroxyl groups is 1. The van der Waals surface area contributed by atoms with Crippen LogP contribution in [0.2, 0.25) is 0 Å². The molecule has 0 aliphatic heterocycles. The van der Waals surface area contributed by atoms with Crippen LogP contribution in [0.3, 0.4) is 0 Å². The number of esters is 1. The number of carbonyl (C=O) groups excluding carboxylic acids is 1. The molecule has 0 saturated carbocycles. The molecule has 0 fully saturated rings. The Balaban J connectivity index is 1.88. The highest BCUT2D eigenvalue weighted by Crippen LogP contribution is 2.23. The second-order valence-electron chi connectivity index (χ2n) is 6.56. The second-order valence-corrected chi connectivity index (χ2v) is 6.56. The molecule has 4 nitrogen and oxygen atoms in total. The van der Waals surface area contributed by atoms with Gasteiger partial charge in [-0.3, -0.25) is 0 Å². The van der Waals surface area contributed by atoms with Crippen molar-refractivity contribution in [3.63, 3.8) is 0 Å². The highest BCUT2D eigenvalue weighted by atomic mass is 16.6. The highest BCUT2D eigenvalue weighted by molar-refractivity contribution is 5.88. The minimum absolute atomic E-state index is 0.370. The molecule has 1 atom stereocenters. The molecule has 1 N–H and O–H groups in total. The first-order chi connectivity index (χ1) is 12.9. The smallest absolute Gasteiger partial charge is 0.338 e. The summed E-state index contributed by atoms with van der Waals surface area (Å²) in [4.78, 5) is 11.5. The van der Waals surface area contributed by atoms with Crippen LogP contribution in [0, 0.1) is 0 Å². The van der Waals surface area contributed by atoms with E-state index >= 15 is 0 Å². The van der Waals surface area contributed by atoms with E-state index in [2.05, 4.69) is 37.4 Å². The van der Waals surface area contributed by atoms with Gasteiger partial charge in [-0.2, -0.15) is 0 Å². The first kappa shape index (κ1) is 20.6. The number of aliphatic hydroxyl groups excluding tert-OH is 1. The summed E-state index contributed by atoms with van der Waals surface area (Å²) in [7, 11) is 0. The van der Waals surface area contributed by atoms with Crippen molar-refractivity contribution in [3.05, 3.63) is 78.4 Å². The van der Waals surface area contributed by atoms with Crippen molar-refractivity contribution in [2.75, 3.05) is 6.61 Å². The van der Waals surface area contributed by atoms with Crippen LogP contribution in [0.15, 0.2) is 72.8 Å². The minimum atomic E-state index is -0.884. The van der Waals surface area contributed by atoms with Crippen molar-refractivity contribution < 1.29 is 19.4 Å². The number of carbonyl (C=O) groups is 1. The molecule has 0 bridgehead atoms. The summed E-state index contributed by atoms with van der Waals surface area (Å²) < 4.78 is 10.5. The van der Waals surface area contributed by atoms with E-state index in [0.717, 1.165) is 24.0 Å². The summed E-state index contributed by atoms with van der Waals surface area (Å²) in [6, 6.07) is 15.7. The Kier molecular flexibility index (Phi) is 7.53. The molecular weight excluding hydrogens is 340 g/mol. The van der Waals surface area contributed by atoms with E-state index in [1.54, 1.807) is 26.0 Å². The van der Waals surface area contributed by atoms with Crippen LogP contribution in [0.4, 0.5) is 0 Å². The van der Waals surface area contributed by atoms with Gasteiger partial charge in [-0.1, -0.05) is 49.6 Å². The van der Waals surface area contributed by atoms with Crippen molar-refractivity contribution in [2.24, 2.45) is 0 Å². The topological polar surface area (TPSA) is 55.8 Å². The van der Waals surface area contributed by atoms with Gasteiger partial charge in [0, 0.05) is 5.57 Å². The lowest BCUT2D eigenvalue weighted by atomic mass is 10.0. The minimum Gasteiger partial charge on any atom is -0.423 e. The van der Waals surface area contributed by atoms with E-state index in [0.29, 0.717) is 23.5 Å². The molecule has 0 aliphatic rings. The number of hydrogen-bond donors (Lipinski definition) is 1. The van der Waals surface area contributed by atoms with Crippen molar-refractivity contribution >= 4 is 5.97 Å². The van der Waals surface area contributed by atoms with Gasteiger partial charge in [-0.25, -0.2) is 4.79 Å². The zero-order chi connectivity index (χ0) is 19.8. The SMILES string of the molecule is C=C(C)C(=O)Oc1ccc(-c2ccc(CCCOC(O)C(=C)C)cc2)cc1. The molecule has 4 heteroatoms. The number of rotatable bonds is 9. The number of ether oxygens (including phenoxy) is 2. The molecule has 0 aromatic heterocycles. The predicted octanol–water partition coefficient (Wildman–Crippen LogP) is 4.68. The predicted molar refractivity (Wildman–Crippen MR) is 107 cm³/mol. The van der Waals surface area contributed by atoms with Gasteiger partial charge in [0.1, 0.15) is 5.75 Å². The summed E-state index contributed by atoms with van der Waals surface area (Å²) in [5.74, 6) is 0.0761. The average Bonchev–Trinajstić information content (AvgIpc) is 2.66. The van der Waals surface area contributed by atoms with Gasteiger partial charge in [-0.15, -0.1) is 0 Å². The fraction of sp³-hybridized carbons (Fsp3) is 0.261. The third-order valence-corrected chi connectivity index (χ3v) is 4.01. The fourth-order valence-electron chi connectivity index (χ4n) is 2.39. The third-order valence-electron chi connectivity index (χ3n) is 4.01. The Morgan fingerprint density at radius 2 is 1.56 bits per heavy atom. The Morgan fingerprint density at radius 3 is 2.07 bits per heavy atom. The maximum atomic E-state index is 11.5. The lowest BCUT2D eigenvalue weighted by molar-refractivity contribution is -0.130. The normalized spacial score (nSPS) is 11.7. The van der Waals surface area contributed by atoms with Gasteiger partial charge < -0.3 is 14.6 Å². The molecule has 2 aromatic carbocycles. The lowest BCUT2D eigenvalue weighted by Gasteiger charge is -2.11. The molecule has 0 heterocycles. The number of aryl methyl sites for hydroxylation is 1. The standard InChI is InChI=1S/C23H26O4/c1-16(2)22(24)26-15-5-6-18-7-9-19(10-8-18)20-11-13-21(14-12-20)27-23(25)17(3)4/h7-14,22,24H,1,3,5-6,15H2,2,4H3. The quantitative estimate of drug-likeness (QED) is 0.175. The zero-order valence-electron chi connectivity index (χ0n) is 15.9. The Hall–Kier alpha value is -2.69. The van der Waals surface area contributed by atoms with Gasteiger partial charge in [0.15, 0.2) is 6.29 Å². The van der Waals surface area contributed by atoms with E-state index in [9.17, 15) is 9.90 Å². The first-order valence-corrected chi connectivity index (χ1v) is 8.89. The molecule has 0 spiro atoms.